The third kappa shape index (κ3) is 6.05. The van der Waals surface area contributed by atoms with E-state index in [4.69, 9.17) is 4.74 Å². The van der Waals surface area contributed by atoms with Gasteiger partial charge in [-0.2, -0.15) is 4.31 Å². The lowest BCUT2D eigenvalue weighted by atomic mass is 10.1. The SMILES string of the molecule is Cc1ccc(C(=O)NCc2cccc(CN3CCOC(C)C3)c2)cc1S(=O)(=O)N1CCCCC1. The lowest BCUT2D eigenvalue weighted by molar-refractivity contribution is -0.0212. The summed E-state index contributed by atoms with van der Waals surface area (Å²) < 4.78 is 33.5. The van der Waals surface area contributed by atoms with E-state index in [9.17, 15) is 13.2 Å². The Labute approximate surface area is 203 Å². The quantitative estimate of drug-likeness (QED) is 0.651. The van der Waals surface area contributed by atoms with Crippen molar-refractivity contribution in [3.63, 3.8) is 0 Å². The van der Waals surface area contributed by atoms with Crippen LogP contribution in [0.2, 0.25) is 0 Å². The predicted octanol–water partition coefficient (Wildman–Crippen LogP) is 3.32. The number of carbonyl (C=O) groups is 1. The van der Waals surface area contributed by atoms with E-state index in [2.05, 4.69) is 29.3 Å². The highest BCUT2D eigenvalue weighted by Crippen LogP contribution is 2.24. The van der Waals surface area contributed by atoms with E-state index in [1.807, 2.05) is 12.1 Å². The van der Waals surface area contributed by atoms with Gasteiger partial charge in [0.05, 0.1) is 17.6 Å². The second-order valence-electron chi connectivity index (χ2n) is 9.36. The number of carbonyl (C=O) groups excluding carboxylic acids is 1. The van der Waals surface area contributed by atoms with Crippen molar-refractivity contribution in [3.8, 4) is 0 Å². The maximum atomic E-state index is 13.2. The first-order valence-corrected chi connectivity index (χ1v) is 13.6. The van der Waals surface area contributed by atoms with E-state index in [1.54, 1.807) is 23.4 Å². The Morgan fingerprint density at radius 3 is 2.59 bits per heavy atom. The molecule has 2 heterocycles. The second-order valence-corrected chi connectivity index (χ2v) is 11.3. The minimum atomic E-state index is -3.60. The van der Waals surface area contributed by atoms with E-state index in [0.717, 1.165) is 51.1 Å². The highest BCUT2D eigenvalue weighted by Gasteiger charge is 2.28. The van der Waals surface area contributed by atoms with Crippen LogP contribution in [0, 0.1) is 6.92 Å². The van der Waals surface area contributed by atoms with Gasteiger partial charge in [0, 0.05) is 44.8 Å². The summed E-state index contributed by atoms with van der Waals surface area (Å²) >= 11 is 0. The van der Waals surface area contributed by atoms with Gasteiger partial charge in [0.2, 0.25) is 10.0 Å². The normalized spacial score (nSPS) is 20.2. The highest BCUT2D eigenvalue weighted by molar-refractivity contribution is 7.89. The molecule has 1 atom stereocenters. The molecule has 184 valence electrons. The molecule has 1 amide bonds. The molecule has 1 N–H and O–H groups in total. The van der Waals surface area contributed by atoms with Gasteiger partial charge in [-0.05, 0) is 55.5 Å². The largest absolute Gasteiger partial charge is 0.376 e. The van der Waals surface area contributed by atoms with Gasteiger partial charge >= 0.3 is 0 Å². The minimum absolute atomic E-state index is 0.226. The van der Waals surface area contributed by atoms with Gasteiger partial charge < -0.3 is 10.1 Å². The Hall–Kier alpha value is -2.26. The number of hydrogen-bond donors (Lipinski definition) is 1. The summed E-state index contributed by atoms with van der Waals surface area (Å²) in [6, 6.07) is 13.1. The lowest BCUT2D eigenvalue weighted by Crippen LogP contribution is -2.40. The van der Waals surface area contributed by atoms with Gasteiger partial charge in [-0.15, -0.1) is 0 Å². The van der Waals surface area contributed by atoms with Crippen LogP contribution >= 0.6 is 0 Å². The number of morpholine rings is 1. The van der Waals surface area contributed by atoms with Crippen molar-refractivity contribution in [2.75, 3.05) is 32.8 Å². The van der Waals surface area contributed by atoms with Crippen LogP contribution < -0.4 is 5.32 Å². The molecule has 2 aromatic rings. The molecule has 7 nitrogen and oxygen atoms in total. The van der Waals surface area contributed by atoms with E-state index < -0.39 is 10.0 Å². The van der Waals surface area contributed by atoms with Gasteiger partial charge in [0.25, 0.3) is 5.91 Å². The first-order chi connectivity index (χ1) is 16.3. The summed E-state index contributed by atoms with van der Waals surface area (Å²) in [7, 11) is -3.60. The van der Waals surface area contributed by atoms with Crippen LogP contribution in [0.1, 0.15) is 53.2 Å². The Bertz CT molecular complexity index is 1110. The first-order valence-electron chi connectivity index (χ1n) is 12.1. The zero-order valence-corrected chi connectivity index (χ0v) is 20.9. The molecule has 0 aliphatic carbocycles. The fraction of sp³-hybridized carbons (Fsp3) is 0.500. The number of nitrogens with zero attached hydrogens (tertiary/aromatic N) is 2. The van der Waals surface area contributed by atoms with Crippen LogP contribution in [0.3, 0.4) is 0 Å². The molecule has 34 heavy (non-hydrogen) atoms. The Balaban J connectivity index is 1.41. The number of rotatable bonds is 7. The van der Waals surface area contributed by atoms with Crippen LogP contribution in [0.5, 0.6) is 0 Å². The van der Waals surface area contributed by atoms with Gasteiger partial charge in [0.1, 0.15) is 0 Å². The Morgan fingerprint density at radius 2 is 1.82 bits per heavy atom. The molecule has 0 spiro atoms. The van der Waals surface area contributed by atoms with E-state index in [-0.39, 0.29) is 16.9 Å². The predicted molar refractivity (Wildman–Crippen MR) is 132 cm³/mol. The maximum Gasteiger partial charge on any atom is 0.251 e. The van der Waals surface area contributed by atoms with Crippen LogP contribution in [0.25, 0.3) is 0 Å². The minimum Gasteiger partial charge on any atom is -0.376 e. The standard InChI is InChI=1S/C26H35N3O4S/c1-20-9-10-24(16-25(20)34(31,32)29-11-4-3-5-12-29)26(30)27-17-22-7-6-8-23(15-22)19-28-13-14-33-21(2)18-28/h6-10,15-16,21H,3-5,11-14,17-19H2,1-2H3,(H,27,30). The van der Waals surface area contributed by atoms with Gasteiger partial charge in [0.15, 0.2) is 0 Å². The molecule has 0 aromatic heterocycles. The van der Waals surface area contributed by atoms with Crippen LogP contribution in [-0.2, 0) is 27.8 Å². The molecule has 2 aromatic carbocycles. The van der Waals surface area contributed by atoms with Crippen molar-refractivity contribution in [2.24, 2.45) is 0 Å². The maximum absolute atomic E-state index is 13.2. The summed E-state index contributed by atoms with van der Waals surface area (Å²) in [5.74, 6) is -0.275. The fourth-order valence-corrected chi connectivity index (χ4v) is 6.45. The van der Waals surface area contributed by atoms with E-state index in [0.29, 0.717) is 30.8 Å². The summed E-state index contributed by atoms with van der Waals surface area (Å²) in [6.07, 6.45) is 3.05. The van der Waals surface area contributed by atoms with Crippen LogP contribution in [0.15, 0.2) is 47.4 Å². The summed E-state index contributed by atoms with van der Waals surface area (Å²) in [5.41, 5.74) is 3.23. The molecule has 0 bridgehead atoms. The zero-order chi connectivity index (χ0) is 24.1. The second kappa shape index (κ2) is 11.0. The summed E-state index contributed by atoms with van der Waals surface area (Å²) in [5, 5.41) is 2.95. The summed E-state index contributed by atoms with van der Waals surface area (Å²) in [4.78, 5) is 15.5. The molecular weight excluding hydrogens is 450 g/mol. The van der Waals surface area contributed by atoms with Gasteiger partial charge in [-0.3, -0.25) is 9.69 Å². The number of benzene rings is 2. The number of ether oxygens (including phenoxy) is 1. The van der Waals surface area contributed by atoms with Crippen molar-refractivity contribution in [1.29, 1.82) is 0 Å². The molecule has 2 aliphatic heterocycles. The van der Waals surface area contributed by atoms with E-state index >= 15 is 0 Å². The molecule has 0 radical (unpaired) electrons. The van der Waals surface area contributed by atoms with Crippen molar-refractivity contribution in [3.05, 3.63) is 64.7 Å². The molecule has 4 rings (SSSR count). The molecule has 2 aliphatic rings. The van der Waals surface area contributed by atoms with Crippen LogP contribution in [-0.4, -0.2) is 62.4 Å². The van der Waals surface area contributed by atoms with E-state index in [1.165, 1.54) is 11.6 Å². The molecule has 8 heteroatoms. The number of sulfonamides is 1. The fourth-order valence-electron chi connectivity index (χ4n) is 4.68. The third-order valence-corrected chi connectivity index (χ3v) is 8.60. The van der Waals surface area contributed by atoms with Crippen molar-refractivity contribution in [2.45, 2.75) is 57.2 Å². The third-order valence-electron chi connectivity index (χ3n) is 6.56. The number of piperidine rings is 1. The summed E-state index contributed by atoms with van der Waals surface area (Å²) in [6.45, 7) is 8.77. The monoisotopic (exact) mass is 485 g/mol. The average Bonchev–Trinajstić information content (AvgIpc) is 2.83. The highest BCUT2D eigenvalue weighted by atomic mass is 32.2. The van der Waals surface area contributed by atoms with Crippen molar-refractivity contribution >= 4 is 15.9 Å². The number of amides is 1. The first kappa shape index (κ1) is 24.9. The zero-order valence-electron chi connectivity index (χ0n) is 20.1. The molecule has 2 fully saturated rings. The van der Waals surface area contributed by atoms with Crippen molar-refractivity contribution in [1.82, 2.24) is 14.5 Å². The molecule has 1 unspecified atom stereocenters. The molecular formula is C26H35N3O4S. The smallest absolute Gasteiger partial charge is 0.251 e. The van der Waals surface area contributed by atoms with Crippen LogP contribution in [0.4, 0.5) is 0 Å². The average molecular weight is 486 g/mol. The molecule has 0 saturated carbocycles. The Kier molecular flexibility index (Phi) is 8.03. The molecule has 2 saturated heterocycles. The lowest BCUT2D eigenvalue weighted by Gasteiger charge is -2.31. The van der Waals surface area contributed by atoms with Crippen molar-refractivity contribution < 1.29 is 17.9 Å². The number of aryl methyl sites for hydroxylation is 1. The van der Waals surface area contributed by atoms with Gasteiger partial charge in [-0.25, -0.2) is 8.42 Å². The number of hydrogen-bond acceptors (Lipinski definition) is 5. The van der Waals surface area contributed by atoms with Gasteiger partial charge in [-0.1, -0.05) is 36.8 Å². The number of nitrogens with one attached hydrogen (secondary N) is 1. The topological polar surface area (TPSA) is 79.0 Å². The Morgan fingerprint density at radius 1 is 1.06 bits per heavy atom.